The number of nitrogens with zero attached hydrogens (tertiary/aromatic N) is 3. The molecule has 1 aliphatic heterocycles. The standard InChI is InChI=1S/C26H33N5O.C3H4/c1-6-22(32-5)16-23-19(3)29-25(21-12-9-15-28-17-21)31-26(23)30-24(27-4)14-13-20-11-8-7-10-18(20)2;1-3-2/h6,9-12,14-17,19,27H,7-8,13H2,1-5H3,(H,29,30,31);1H,2H3/b22-6+,23-16+,24-14+;. The Balaban J connectivity index is 0.00000137. The van der Waals surface area contributed by atoms with E-state index in [0.29, 0.717) is 5.84 Å². The molecule has 0 saturated carbocycles. The third kappa shape index (κ3) is 8.15. The van der Waals surface area contributed by atoms with Crippen molar-refractivity contribution in [1.29, 1.82) is 0 Å². The number of methoxy groups -OCH3 is 1. The molecule has 2 N–H and O–H groups in total. The summed E-state index contributed by atoms with van der Waals surface area (Å²) in [5.41, 5.74) is 4.57. The molecule has 6 heteroatoms. The molecule has 1 atom stereocenters. The lowest BCUT2D eigenvalue weighted by molar-refractivity contribution is 0.305. The van der Waals surface area contributed by atoms with E-state index in [1.54, 1.807) is 26.4 Å². The fraction of sp³-hybridized carbons (Fsp3) is 0.345. The van der Waals surface area contributed by atoms with Gasteiger partial charge < -0.3 is 15.4 Å². The van der Waals surface area contributed by atoms with E-state index in [-0.39, 0.29) is 6.04 Å². The van der Waals surface area contributed by atoms with Gasteiger partial charge in [0.05, 0.1) is 13.2 Å². The number of rotatable bonds is 7. The van der Waals surface area contributed by atoms with Gasteiger partial charge in [0.25, 0.3) is 0 Å². The minimum Gasteiger partial charge on any atom is -0.497 e. The van der Waals surface area contributed by atoms with Gasteiger partial charge in [0, 0.05) is 30.6 Å². The number of nitrogens with one attached hydrogen (secondary N) is 2. The smallest absolute Gasteiger partial charge is 0.159 e. The largest absolute Gasteiger partial charge is 0.497 e. The van der Waals surface area contributed by atoms with Crippen molar-refractivity contribution in [2.45, 2.75) is 53.0 Å². The van der Waals surface area contributed by atoms with Crippen LogP contribution in [0, 0.1) is 12.3 Å². The summed E-state index contributed by atoms with van der Waals surface area (Å²) in [7, 11) is 3.58. The molecule has 0 amide bonds. The lowest BCUT2D eigenvalue weighted by Crippen LogP contribution is -2.36. The Kier molecular flexibility index (Phi) is 11.3. The number of terminal acetylenes is 1. The lowest BCUT2D eigenvalue weighted by atomic mass is 9.96. The van der Waals surface area contributed by atoms with Gasteiger partial charge in [0.1, 0.15) is 17.4 Å². The monoisotopic (exact) mass is 471 g/mol. The number of ether oxygens (including phenoxy) is 1. The van der Waals surface area contributed by atoms with Gasteiger partial charge in [-0.05, 0) is 82.9 Å². The van der Waals surface area contributed by atoms with Crippen LogP contribution in [0.1, 0.15) is 52.5 Å². The topological polar surface area (TPSA) is 70.9 Å². The molecule has 0 aromatic carbocycles. The number of amidine groups is 2. The van der Waals surface area contributed by atoms with Crippen LogP contribution in [0.15, 0.2) is 93.2 Å². The number of allylic oxidation sites excluding steroid dienone is 7. The molecule has 0 radical (unpaired) electrons. The Labute approximate surface area is 210 Å². The molecular weight excluding hydrogens is 434 g/mol. The van der Waals surface area contributed by atoms with Gasteiger partial charge in [-0.15, -0.1) is 12.3 Å². The quantitative estimate of drug-likeness (QED) is 0.410. The number of aliphatic imine (C=N–C) groups is 2. The van der Waals surface area contributed by atoms with E-state index in [0.717, 1.165) is 47.8 Å². The number of pyridine rings is 1. The maximum Gasteiger partial charge on any atom is 0.159 e. The van der Waals surface area contributed by atoms with Crippen LogP contribution in [-0.4, -0.2) is 36.9 Å². The summed E-state index contributed by atoms with van der Waals surface area (Å²) in [6.45, 7) is 7.84. The molecule has 1 aromatic heterocycles. The maximum absolute atomic E-state index is 5.48. The highest BCUT2D eigenvalue weighted by atomic mass is 16.5. The predicted octanol–water partition coefficient (Wildman–Crippen LogP) is 5.45. The fourth-order valence-electron chi connectivity index (χ4n) is 3.64. The second-order valence-corrected chi connectivity index (χ2v) is 8.01. The van der Waals surface area contributed by atoms with Crippen molar-refractivity contribution in [3.05, 3.63) is 88.8 Å². The molecule has 184 valence electrons. The summed E-state index contributed by atoms with van der Waals surface area (Å²) in [5.74, 6) is 5.32. The second-order valence-electron chi connectivity index (χ2n) is 8.01. The van der Waals surface area contributed by atoms with E-state index in [2.05, 4.69) is 60.0 Å². The van der Waals surface area contributed by atoms with Crippen LogP contribution in [0.3, 0.4) is 0 Å². The van der Waals surface area contributed by atoms with Gasteiger partial charge >= 0.3 is 0 Å². The Morgan fingerprint density at radius 2 is 2.06 bits per heavy atom. The average Bonchev–Trinajstić information content (AvgIpc) is 2.87. The molecule has 0 spiro atoms. The van der Waals surface area contributed by atoms with Crippen molar-refractivity contribution in [2.75, 3.05) is 14.2 Å². The van der Waals surface area contributed by atoms with Gasteiger partial charge in [-0.1, -0.05) is 17.7 Å². The van der Waals surface area contributed by atoms with Crippen molar-refractivity contribution >= 4 is 11.7 Å². The summed E-state index contributed by atoms with van der Waals surface area (Å²) >= 11 is 0. The van der Waals surface area contributed by atoms with Gasteiger partial charge in [0.15, 0.2) is 5.84 Å². The average molecular weight is 472 g/mol. The lowest BCUT2D eigenvalue weighted by Gasteiger charge is -2.23. The van der Waals surface area contributed by atoms with Crippen molar-refractivity contribution in [1.82, 2.24) is 15.6 Å². The molecule has 1 aromatic rings. The molecule has 2 heterocycles. The van der Waals surface area contributed by atoms with E-state index in [4.69, 9.17) is 14.7 Å². The third-order valence-corrected chi connectivity index (χ3v) is 5.56. The van der Waals surface area contributed by atoms with Crippen LogP contribution in [0.25, 0.3) is 0 Å². The second kappa shape index (κ2) is 14.4. The molecule has 0 saturated heterocycles. The van der Waals surface area contributed by atoms with Crippen molar-refractivity contribution in [3.63, 3.8) is 0 Å². The maximum atomic E-state index is 5.48. The normalized spacial score (nSPS) is 19.2. The Hall–Kier alpha value is -3.85. The molecule has 1 unspecified atom stereocenters. The first-order valence-electron chi connectivity index (χ1n) is 11.8. The van der Waals surface area contributed by atoms with Crippen LogP contribution in [0.5, 0.6) is 0 Å². The molecule has 2 aliphatic rings. The van der Waals surface area contributed by atoms with E-state index < -0.39 is 0 Å². The van der Waals surface area contributed by atoms with Crippen molar-refractivity contribution in [2.24, 2.45) is 9.98 Å². The first-order chi connectivity index (χ1) is 17.0. The highest BCUT2D eigenvalue weighted by molar-refractivity contribution is 6.14. The Bertz CT molecular complexity index is 1110. The van der Waals surface area contributed by atoms with Gasteiger partial charge in [-0.25, -0.2) is 4.99 Å². The van der Waals surface area contributed by atoms with E-state index in [9.17, 15) is 0 Å². The fourth-order valence-corrected chi connectivity index (χ4v) is 3.64. The molecule has 1 aliphatic carbocycles. The molecule has 0 fully saturated rings. The summed E-state index contributed by atoms with van der Waals surface area (Å²) in [5, 5.41) is 6.77. The van der Waals surface area contributed by atoms with Gasteiger partial charge in [-0.3, -0.25) is 9.98 Å². The van der Waals surface area contributed by atoms with Gasteiger partial charge in [-0.2, -0.15) is 0 Å². The summed E-state index contributed by atoms with van der Waals surface area (Å²) < 4.78 is 5.48. The number of hydrogen-bond donors (Lipinski definition) is 2. The summed E-state index contributed by atoms with van der Waals surface area (Å²) in [4.78, 5) is 13.9. The first-order valence-corrected chi connectivity index (χ1v) is 11.8. The van der Waals surface area contributed by atoms with Crippen LogP contribution in [0.2, 0.25) is 0 Å². The molecule has 35 heavy (non-hydrogen) atoms. The highest BCUT2D eigenvalue weighted by Crippen LogP contribution is 2.22. The predicted molar refractivity (Wildman–Crippen MR) is 147 cm³/mol. The molecule has 3 rings (SSSR count). The van der Waals surface area contributed by atoms with Crippen LogP contribution in [0.4, 0.5) is 0 Å². The molecule has 6 nitrogen and oxygen atoms in total. The molecule has 0 bridgehead atoms. The third-order valence-electron chi connectivity index (χ3n) is 5.56. The van der Waals surface area contributed by atoms with E-state index in [1.165, 1.54) is 11.1 Å². The number of aromatic nitrogens is 1. The zero-order valence-corrected chi connectivity index (χ0v) is 21.7. The van der Waals surface area contributed by atoms with Crippen LogP contribution >= 0.6 is 0 Å². The minimum absolute atomic E-state index is 0.0976. The Morgan fingerprint density at radius 1 is 1.31 bits per heavy atom. The first kappa shape index (κ1) is 27.4. The highest BCUT2D eigenvalue weighted by Gasteiger charge is 2.23. The molecular formula is C29H37N5O. The van der Waals surface area contributed by atoms with E-state index >= 15 is 0 Å². The zero-order chi connectivity index (χ0) is 25.6. The zero-order valence-electron chi connectivity index (χ0n) is 21.7. The minimum atomic E-state index is -0.0976. The van der Waals surface area contributed by atoms with Crippen LogP contribution in [-0.2, 0) is 4.74 Å². The summed E-state index contributed by atoms with van der Waals surface area (Å²) in [6.07, 6.45) is 21.9. The van der Waals surface area contributed by atoms with E-state index in [1.807, 2.05) is 38.3 Å². The summed E-state index contributed by atoms with van der Waals surface area (Å²) in [6, 6.07) is 3.77. The van der Waals surface area contributed by atoms with Crippen molar-refractivity contribution in [3.8, 4) is 12.3 Å². The van der Waals surface area contributed by atoms with Crippen molar-refractivity contribution < 1.29 is 4.74 Å². The number of hydrogen-bond acceptors (Lipinski definition) is 6. The SMILES string of the molecule is C#CC.C/C=C(\C=C1\C(N/C(=C/CC2=CCCC=C2C)NC)=NC(c2cccnc2)=NC1C)OC. The van der Waals surface area contributed by atoms with Crippen LogP contribution < -0.4 is 10.6 Å². The Morgan fingerprint density at radius 3 is 2.66 bits per heavy atom. The van der Waals surface area contributed by atoms with Gasteiger partial charge in [0.2, 0.25) is 0 Å².